The number of hydrogen-bond donors (Lipinski definition) is 1. The van der Waals surface area contributed by atoms with Crippen molar-refractivity contribution in [2.24, 2.45) is 11.1 Å². The van der Waals surface area contributed by atoms with Gasteiger partial charge in [0.2, 0.25) is 0 Å². The molecule has 0 atom stereocenters. The van der Waals surface area contributed by atoms with Crippen molar-refractivity contribution >= 4 is 11.3 Å². The van der Waals surface area contributed by atoms with E-state index in [0.29, 0.717) is 11.3 Å². The summed E-state index contributed by atoms with van der Waals surface area (Å²) in [5, 5.41) is 3.55. The molecule has 0 radical (unpaired) electrons. The molecule has 0 unspecified atom stereocenters. The van der Waals surface area contributed by atoms with Crippen LogP contribution in [0.15, 0.2) is 5.38 Å². The van der Waals surface area contributed by atoms with Gasteiger partial charge in [0.05, 0.1) is 10.7 Å². The van der Waals surface area contributed by atoms with Gasteiger partial charge in [-0.1, -0.05) is 6.42 Å². The highest BCUT2D eigenvalue weighted by molar-refractivity contribution is 7.09. The second kappa shape index (κ2) is 5.27. The van der Waals surface area contributed by atoms with Crippen molar-refractivity contribution in [1.82, 2.24) is 4.98 Å². The maximum Gasteiger partial charge on any atom is 0.0934 e. The molecule has 2 heterocycles. The number of nitrogens with two attached hydrogens (primary N) is 1. The van der Waals surface area contributed by atoms with Crippen molar-refractivity contribution in [3.05, 3.63) is 16.1 Å². The fourth-order valence-corrected chi connectivity index (χ4v) is 4.09. The summed E-state index contributed by atoms with van der Waals surface area (Å²) in [6, 6.07) is 0. The van der Waals surface area contributed by atoms with E-state index in [4.69, 9.17) is 15.5 Å². The van der Waals surface area contributed by atoms with Gasteiger partial charge in [-0.05, 0) is 37.6 Å². The number of rotatable bonds is 4. The summed E-state index contributed by atoms with van der Waals surface area (Å²) in [6.45, 7) is 2.60. The first kappa shape index (κ1) is 12.6. The highest BCUT2D eigenvalue weighted by Crippen LogP contribution is 2.43. The van der Waals surface area contributed by atoms with E-state index in [-0.39, 0.29) is 0 Å². The zero-order valence-electron chi connectivity index (χ0n) is 10.9. The fraction of sp³-hybridized carbons (Fsp3) is 0.786. The molecule has 100 valence electrons. The first-order valence-electron chi connectivity index (χ1n) is 7.03. The van der Waals surface area contributed by atoms with Gasteiger partial charge in [-0.25, -0.2) is 4.98 Å². The minimum atomic E-state index is 0.380. The number of thiazole rings is 1. The second-order valence-corrected chi connectivity index (χ2v) is 6.73. The van der Waals surface area contributed by atoms with Crippen LogP contribution in [-0.2, 0) is 11.2 Å². The zero-order chi connectivity index (χ0) is 12.4. The molecule has 0 aromatic carbocycles. The molecule has 2 fully saturated rings. The molecular weight excluding hydrogens is 244 g/mol. The van der Waals surface area contributed by atoms with Crippen LogP contribution in [0.4, 0.5) is 0 Å². The summed E-state index contributed by atoms with van der Waals surface area (Å²) in [6.07, 6.45) is 7.27. The molecule has 1 saturated heterocycles. The van der Waals surface area contributed by atoms with Gasteiger partial charge >= 0.3 is 0 Å². The van der Waals surface area contributed by atoms with Crippen LogP contribution < -0.4 is 5.73 Å². The monoisotopic (exact) mass is 266 g/mol. The molecule has 0 spiro atoms. The quantitative estimate of drug-likeness (QED) is 0.911. The van der Waals surface area contributed by atoms with Crippen LogP contribution in [0.3, 0.4) is 0 Å². The Balaban J connectivity index is 1.65. The lowest BCUT2D eigenvalue weighted by molar-refractivity contribution is 0.0845. The first-order chi connectivity index (χ1) is 8.81. The van der Waals surface area contributed by atoms with Gasteiger partial charge in [0.25, 0.3) is 0 Å². The van der Waals surface area contributed by atoms with E-state index >= 15 is 0 Å². The molecule has 18 heavy (non-hydrogen) atoms. The standard InChI is InChI=1S/C14H22N2OS/c15-10-14(4-1-5-14)8-13-16-12(9-18-13)11-2-6-17-7-3-11/h9,11H,1-8,10,15H2. The molecule has 1 aliphatic carbocycles. The third kappa shape index (κ3) is 2.46. The average Bonchev–Trinajstić information content (AvgIpc) is 2.83. The molecule has 0 bridgehead atoms. The maximum absolute atomic E-state index is 5.93. The summed E-state index contributed by atoms with van der Waals surface area (Å²) in [4.78, 5) is 4.86. The molecule has 2 N–H and O–H groups in total. The summed E-state index contributed by atoms with van der Waals surface area (Å²) in [5.74, 6) is 0.624. The van der Waals surface area contributed by atoms with Gasteiger partial charge in [-0.15, -0.1) is 11.3 Å². The van der Waals surface area contributed by atoms with Crippen LogP contribution in [0.2, 0.25) is 0 Å². The predicted molar refractivity (Wildman–Crippen MR) is 74.0 cm³/mol. The average molecular weight is 266 g/mol. The van der Waals surface area contributed by atoms with Gasteiger partial charge in [0.15, 0.2) is 0 Å². The lowest BCUT2D eigenvalue weighted by Gasteiger charge is -2.40. The summed E-state index contributed by atoms with van der Waals surface area (Å²) >= 11 is 1.83. The number of nitrogens with zero attached hydrogens (tertiary/aromatic N) is 1. The Morgan fingerprint density at radius 3 is 2.78 bits per heavy atom. The van der Waals surface area contributed by atoms with E-state index in [9.17, 15) is 0 Å². The van der Waals surface area contributed by atoms with E-state index in [1.165, 1.54) is 30.0 Å². The highest BCUT2D eigenvalue weighted by atomic mass is 32.1. The van der Waals surface area contributed by atoms with E-state index < -0.39 is 0 Å². The van der Waals surface area contributed by atoms with Crippen LogP contribution in [0, 0.1) is 5.41 Å². The van der Waals surface area contributed by atoms with Gasteiger partial charge in [-0.3, -0.25) is 0 Å². The van der Waals surface area contributed by atoms with Gasteiger partial charge in [0.1, 0.15) is 0 Å². The van der Waals surface area contributed by atoms with E-state index in [2.05, 4.69) is 5.38 Å². The molecule has 1 saturated carbocycles. The van der Waals surface area contributed by atoms with Gasteiger partial charge in [-0.2, -0.15) is 0 Å². The third-order valence-corrected chi connectivity index (χ3v) is 5.45. The molecule has 3 nitrogen and oxygen atoms in total. The van der Waals surface area contributed by atoms with Crippen LogP contribution >= 0.6 is 11.3 Å². The summed E-state index contributed by atoms with van der Waals surface area (Å²) < 4.78 is 5.41. The molecule has 2 aliphatic rings. The van der Waals surface area contributed by atoms with Crippen molar-refractivity contribution in [2.75, 3.05) is 19.8 Å². The lowest BCUT2D eigenvalue weighted by Crippen LogP contribution is -2.39. The van der Waals surface area contributed by atoms with Crippen molar-refractivity contribution < 1.29 is 4.74 Å². The lowest BCUT2D eigenvalue weighted by atomic mass is 9.67. The maximum atomic E-state index is 5.93. The number of aromatic nitrogens is 1. The second-order valence-electron chi connectivity index (χ2n) is 5.79. The molecule has 1 aromatic heterocycles. The number of ether oxygens (including phenoxy) is 1. The third-order valence-electron chi connectivity index (χ3n) is 4.58. The molecule has 4 heteroatoms. The highest BCUT2D eigenvalue weighted by Gasteiger charge is 2.36. The molecule has 1 aliphatic heterocycles. The minimum Gasteiger partial charge on any atom is -0.381 e. The first-order valence-corrected chi connectivity index (χ1v) is 7.91. The minimum absolute atomic E-state index is 0.380. The Bertz CT molecular complexity index is 389. The van der Waals surface area contributed by atoms with E-state index in [0.717, 1.165) is 39.0 Å². The summed E-state index contributed by atoms with van der Waals surface area (Å²) in [7, 11) is 0. The van der Waals surface area contributed by atoms with E-state index in [1.807, 2.05) is 11.3 Å². The fourth-order valence-electron chi connectivity index (χ4n) is 3.04. The molecule has 1 aromatic rings. The SMILES string of the molecule is NCC1(Cc2nc(C3CCOCC3)cs2)CCC1. The topological polar surface area (TPSA) is 48.1 Å². The van der Waals surface area contributed by atoms with Crippen LogP contribution in [-0.4, -0.2) is 24.7 Å². The van der Waals surface area contributed by atoms with E-state index in [1.54, 1.807) is 0 Å². The molecular formula is C14H22N2OS. The Morgan fingerprint density at radius 1 is 1.39 bits per heavy atom. The van der Waals surface area contributed by atoms with Gasteiger partial charge < -0.3 is 10.5 Å². The van der Waals surface area contributed by atoms with Crippen molar-refractivity contribution in [3.8, 4) is 0 Å². The normalized spacial score (nSPS) is 23.8. The van der Waals surface area contributed by atoms with Gasteiger partial charge in [0, 0.05) is 30.9 Å². The van der Waals surface area contributed by atoms with Crippen molar-refractivity contribution in [1.29, 1.82) is 0 Å². The number of hydrogen-bond acceptors (Lipinski definition) is 4. The Labute approximate surface area is 113 Å². The molecule has 0 amide bonds. The predicted octanol–water partition coefficient (Wildman–Crippen LogP) is 2.71. The Hall–Kier alpha value is -0.450. The zero-order valence-corrected chi connectivity index (χ0v) is 11.7. The van der Waals surface area contributed by atoms with Crippen molar-refractivity contribution in [3.63, 3.8) is 0 Å². The summed E-state index contributed by atoms with van der Waals surface area (Å²) in [5.41, 5.74) is 7.60. The largest absolute Gasteiger partial charge is 0.381 e. The molecule has 3 rings (SSSR count). The van der Waals surface area contributed by atoms with Crippen molar-refractivity contribution in [2.45, 2.75) is 44.4 Å². The smallest absolute Gasteiger partial charge is 0.0934 e. The Morgan fingerprint density at radius 2 is 2.17 bits per heavy atom. The van der Waals surface area contributed by atoms with Crippen LogP contribution in [0.25, 0.3) is 0 Å². The van der Waals surface area contributed by atoms with Crippen LogP contribution in [0.5, 0.6) is 0 Å². The Kier molecular flexibility index (Phi) is 3.68. The van der Waals surface area contributed by atoms with Crippen LogP contribution in [0.1, 0.15) is 48.7 Å².